The maximum Gasteiger partial charge on any atom is 0.307 e. The molecule has 0 aliphatic heterocycles. The largest absolute Gasteiger partial charge is 0.466 e. The lowest BCUT2D eigenvalue weighted by atomic mass is 10.2. The van der Waals surface area contributed by atoms with E-state index < -0.39 is 23.2 Å². The van der Waals surface area contributed by atoms with Crippen molar-refractivity contribution in [2.45, 2.75) is 19.9 Å². The fourth-order valence-electron chi connectivity index (χ4n) is 1.76. The van der Waals surface area contributed by atoms with Gasteiger partial charge in [-0.15, -0.1) is 0 Å². The van der Waals surface area contributed by atoms with Crippen LogP contribution in [0.3, 0.4) is 0 Å². The van der Waals surface area contributed by atoms with E-state index >= 15 is 0 Å². The highest BCUT2D eigenvalue weighted by molar-refractivity contribution is 5.77. The van der Waals surface area contributed by atoms with Gasteiger partial charge in [0.25, 0.3) is 5.56 Å². The lowest BCUT2D eigenvalue weighted by Crippen LogP contribution is -2.22. The van der Waals surface area contributed by atoms with Gasteiger partial charge in [-0.25, -0.2) is 13.8 Å². The zero-order chi connectivity index (χ0) is 14.7. The molecule has 1 heterocycles. The number of carbonyl (C=O) groups is 1. The summed E-state index contributed by atoms with van der Waals surface area (Å²) in [5.74, 6) is -2.61. The molecule has 1 aromatic carbocycles. The second-order valence-corrected chi connectivity index (χ2v) is 4.08. The van der Waals surface area contributed by atoms with Crippen LogP contribution < -0.4 is 5.56 Å². The Labute approximate surface area is 112 Å². The number of aryl methyl sites for hydroxylation is 1. The Morgan fingerprint density at radius 3 is 2.75 bits per heavy atom. The molecule has 0 aliphatic carbocycles. The van der Waals surface area contributed by atoms with Gasteiger partial charge in [0.1, 0.15) is 0 Å². The van der Waals surface area contributed by atoms with Gasteiger partial charge >= 0.3 is 5.97 Å². The monoisotopic (exact) mass is 282 g/mol. The van der Waals surface area contributed by atoms with Gasteiger partial charge in [0.15, 0.2) is 11.6 Å². The number of carbonyl (C=O) groups excluding carboxylic acids is 1. The maximum absolute atomic E-state index is 13.1. The van der Waals surface area contributed by atoms with E-state index in [1.807, 2.05) is 0 Å². The van der Waals surface area contributed by atoms with Crippen molar-refractivity contribution in [3.05, 3.63) is 40.4 Å². The highest BCUT2D eigenvalue weighted by atomic mass is 19.2. The molecular formula is C13H12F2N2O3. The predicted molar refractivity (Wildman–Crippen MR) is 67.2 cm³/mol. The highest BCUT2D eigenvalue weighted by Crippen LogP contribution is 2.13. The van der Waals surface area contributed by atoms with Crippen molar-refractivity contribution in [1.29, 1.82) is 0 Å². The third-order valence-corrected chi connectivity index (χ3v) is 2.73. The lowest BCUT2D eigenvalue weighted by Gasteiger charge is -2.06. The average molecular weight is 282 g/mol. The summed E-state index contributed by atoms with van der Waals surface area (Å²) < 4.78 is 32.1. The van der Waals surface area contributed by atoms with Gasteiger partial charge in [-0.2, -0.15) is 0 Å². The molecule has 0 unspecified atom stereocenters. The van der Waals surface area contributed by atoms with Crippen molar-refractivity contribution in [2.24, 2.45) is 0 Å². The van der Waals surface area contributed by atoms with E-state index in [-0.39, 0.29) is 30.5 Å². The molecule has 0 saturated heterocycles. The van der Waals surface area contributed by atoms with E-state index in [1.54, 1.807) is 6.92 Å². The Hall–Kier alpha value is -2.31. The Morgan fingerprint density at radius 2 is 2.05 bits per heavy atom. The Morgan fingerprint density at radius 1 is 1.35 bits per heavy atom. The number of halogens is 2. The number of hydrogen-bond acceptors (Lipinski definition) is 4. The van der Waals surface area contributed by atoms with Crippen LogP contribution in [-0.2, 0) is 16.1 Å². The van der Waals surface area contributed by atoms with Crippen LogP contribution in [0, 0.1) is 11.6 Å². The molecule has 0 amide bonds. The first-order chi connectivity index (χ1) is 9.52. The first kappa shape index (κ1) is 14.1. The van der Waals surface area contributed by atoms with Crippen molar-refractivity contribution >= 4 is 16.9 Å². The minimum absolute atomic E-state index is 0.00457. The fourth-order valence-corrected chi connectivity index (χ4v) is 1.76. The molecule has 0 bridgehead atoms. The first-order valence-electron chi connectivity index (χ1n) is 6.02. The molecular weight excluding hydrogens is 270 g/mol. The lowest BCUT2D eigenvalue weighted by molar-refractivity contribution is -0.143. The second kappa shape index (κ2) is 5.77. The summed E-state index contributed by atoms with van der Waals surface area (Å²) in [7, 11) is 0. The summed E-state index contributed by atoms with van der Waals surface area (Å²) in [5, 5.41) is -0.0322. The molecule has 0 radical (unpaired) electrons. The first-order valence-corrected chi connectivity index (χ1v) is 6.02. The molecule has 0 fully saturated rings. The van der Waals surface area contributed by atoms with Crippen LogP contribution in [0.1, 0.15) is 13.3 Å². The molecule has 2 aromatic rings. The topological polar surface area (TPSA) is 61.2 Å². The van der Waals surface area contributed by atoms with E-state index in [9.17, 15) is 18.4 Å². The Bertz CT molecular complexity index is 713. The Kier molecular flexibility index (Phi) is 4.07. The second-order valence-electron chi connectivity index (χ2n) is 4.08. The maximum atomic E-state index is 13.1. The van der Waals surface area contributed by atoms with Gasteiger partial charge in [0, 0.05) is 12.6 Å². The number of nitrogens with zero attached hydrogens (tertiary/aromatic N) is 2. The van der Waals surface area contributed by atoms with E-state index in [0.717, 1.165) is 16.7 Å². The number of fused-ring (bicyclic) bond motifs is 1. The van der Waals surface area contributed by atoms with Crippen LogP contribution in [0.4, 0.5) is 8.78 Å². The van der Waals surface area contributed by atoms with Crippen molar-refractivity contribution < 1.29 is 18.3 Å². The summed E-state index contributed by atoms with van der Waals surface area (Å²) in [6, 6.07) is 1.67. The van der Waals surface area contributed by atoms with Crippen LogP contribution in [0.25, 0.3) is 10.9 Å². The zero-order valence-electron chi connectivity index (χ0n) is 10.7. The van der Waals surface area contributed by atoms with Crippen LogP contribution in [-0.4, -0.2) is 22.1 Å². The summed E-state index contributed by atoms with van der Waals surface area (Å²) in [5.41, 5.74) is -0.459. The molecule has 2 rings (SSSR count). The van der Waals surface area contributed by atoms with E-state index in [2.05, 4.69) is 4.98 Å². The van der Waals surface area contributed by atoms with Gasteiger partial charge in [-0.1, -0.05) is 0 Å². The average Bonchev–Trinajstić information content (AvgIpc) is 2.41. The summed E-state index contributed by atoms with van der Waals surface area (Å²) in [6.45, 7) is 2.01. The molecule has 0 saturated carbocycles. The minimum atomic E-state index is -1.11. The number of esters is 1. The molecule has 0 atom stereocenters. The summed E-state index contributed by atoms with van der Waals surface area (Å²) >= 11 is 0. The van der Waals surface area contributed by atoms with Crippen LogP contribution in [0.5, 0.6) is 0 Å². The highest BCUT2D eigenvalue weighted by Gasteiger charge is 2.10. The van der Waals surface area contributed by atoms with Crippen molar-refractivity contribution in [3.63, 3.8) is 0 Å². The van der Waals surface area contributed by atoms with Crippen molar-refractivity contribution in [1.82, 2.24) is 9.55 Å². The molecule has 7 heteroatoms. The van der Waals surface area contributed by atoms with Gasteiger partial charge < -0.3 is 4.74 Å². The standard InChI is InChI=1S/C13H12F2N2O3/c1-2-20-12(18)3-4-17-7-16-11-6-10(15)9(14)5-8(11)13(17)19/h5-7H,2-4H2,1H3. The van der Waals surface area contributed by atoms with Crippen LogP contribution >= 0.6 is 0 Å². The van der Waals surface area contributed by atoms with Gasteiger partial charge in [-0.3, -0.25) is 14.2 Å². The molecule has 0 spiro atoms. The fraction of sp³-hybridized carbons (Fsp3) is 0.308. The van der Waals surface area contributed by atoms with Gasteiger partial charge in [-0.05, 0) is 13.0 Å². The van der Waals surface area contributed by atoms with Crippen LogP contribution in [0.2, 0.25) is 0 Å². The van der Waals surface area contributed by atoms with Crippen LogP contribution in [0.15, 0.2) is 23.3 Å². The zero-order valence-corrected chi connectivity index (χ0v) is 10.7. The number of benzene rings is 1. The normalized spacial score (nSPS) is 10.8. The molecule has 0 aliphatic rings. The SMILES string of the molecule is CCOC(=O)CCn1cnc2cc(F)c(F)cc2c1=O. The van der Waals surface area contributed by atoms with E-state index in [0.29, 0.717) is 0 Å². The predicted octanol–water partition coefficient (Wildman–Crippen LogP) is 1.63. The smallest absolute Gasteiger partial charge is 0.307 e. The number of aromatic nitrogens is 2. The molecule has 5 nitrogen and oxygen atoms in total. The number of hydrogen-bond donors (Lipinski definition) is 0. The third kappa shape index (κ3) is 2.81. The number of ether oxygens (including phenoxy) is 1. The van der Waals surface area contributed by atoms with E-state index in [1.165, 1.54) is 6.33 Å². The van der Waals surface area contributed by atoms with Crippen molar-refractivity contribution in [3.8, 4) is 0 Å². The van der Waals surface area contributed by atoms with Gasteiger partial charge in [0.2, 0.25) is 0 Å². The summed E-state index contributed by atoms with van der Waals surface area (Å²) in [6.07, 6.45) is 1.20. The third-order valence-electron chi connectivity index (χ3n) is 2.73. The quantitative estimate of drug-likeness (QED) is 0.800. The van der Waals surface area contributed by atoms with Gasteiger partial charge in [0.05, 0.1) is 30.3 Å². The summed E-state index contributed by atoms with van der Waals surface area (Å²) in [4.78, 5) is 27.1. The molecule has 20 heavy (non-hydrogen) atoms. The number of rotatable bonds is 4. The van der Waals surface area contributed by atoms with E-state index in [4.69, 9.17) is 4.74 Å². The molecule has 106 valence electrons. The molecule has 0 N–H and O–H groups in total. The van der Waals surface area contributed by atoms with Crippen molar-refractivity contribution in [2.75, 3.05) is 6.61 Å². The molecule has 1 aromatic heterocycles. The Balaban J connectivity index is 2.32. The minimum Gasteiger partial charge on any atom is -0.466 e.